The van der Waals surface area contributed by atoms with Crippen molar-refractivity contribution in [1.82, 2.24) is 4.90 Å². The van der Waals surface area contributed by atoms with Crippen LogP contribution in [0, 0.1) is 5.92 Å². The van der Waals surface area contributed by atoms with Gasteiger partial charge in [-0.1, -0.05) is 38.1 Å². The first-order valence-electron chi connectivity index (χ1n) is 11.1. The van der Waals surface area contributed by atoms with Crippen molar-refractivity contribution in [3.8, 4) is 11.1 Å². The van der Waals surface area contributed by atoms with Crippen LogP contribution >= 0.6 is 0 Å². The highest BCUT2D eigenvalue weighted by Gasteiger charge is 2.33. The molecular weight excluding hydrogens is 388 g/mol. The summed E-state index contributed by atoms with van der Waals surface area (Å²) in [6.07, 6.45) is 1.39. The van der Waals surface area contributed by atoms with E-state index >= 15 is 0 Å². The molecule has 0 fully saturated rings. The lowest BCUT2D eigenvalue weighted by Gasteiger charge is -2.32. The van der Waals surface area contributed by atoms with Crippen molar-refractivity contribution in [1.29, 1.82) is 0 Å². The van der Waals surface area contributed by atoms with Crippen LogP contribution in [0.2, 0.25) is 0 Å². The average Bonchev–Trinajstić information content (AvgIpc) is 2.99. The number of benzene rings is 2. The molecule has 2 aromatic rings. The minimum absolute atomic E-state index is 0.266. The number of carbonyl (C=O) groups is 2. The summed E-state index contributed by atoms with van der Waals surface area (Å²) < 4.78 is 5.57. The normalized spacial score (nSPS) is 20.2. The van der Waals surface area contributed by atoms with Crippen LogP contribution in [0.1, 0.15) is 73.1 Å². The Kier molecular flexibility index (Phi) is 5.32. The number of hydrogen-bond donors (Lipinski definition) is 1. The molecule has 1 heterocycles. The molecule has 0 saturated carbocycles. The van der Waals surface area contributed by atoms with Gasteiger partial charge in [0.15, 0.2) is 0 Å². The van der Waals surface area contributed by atoms with Gasteiger partial charge in [-0.2, -0.15) is 0 Å². The van der Waals surface area contributed by atoms with Gasteiger partial charge in [-0.15, -0.1) is 0 Å². The monoisotopic (exact) mass is 420 g/mol. The molecule has 0 unspecified atom stereocenters. The molecule has 164 valence electrons. The van der Waals surface area contributed by atoms with Crippen LogP contribution in [0.15, 0.2) is 30.3 Å². The van der Waals surface area contributed by atoms with E-state index in [-0.39, 0.29) is 12.0 Å². The molecule has 0 saturated heterocycles. The maximum absolute atomic E-state index is 12.6. The zero-order chi connectivity index (χ0) is 22.5. The van der Waals surface area contributed by atoms with Crippen LogP contribution in [-0.2, 0) is 24.1 Å². The summed E-state index contributed by atoms with van der Waals surface area (Å²) in [6.45, 7) is 11.3. The fraction of sp³-hybridized carbons (Fsp3) is 0.462. The Morgan fingerprint density at radius 3 is 2.48 bits per heavy atom. The molecule has 2 aliphatic rings. The predicted molar refractivity (Wildman–Crippen MR) is 122 cm³/mol. The van der Waals surface area contributed by atoms with Crippen LogP contribution in [0.5, 0.6) is 0 Å². The van der Waals surface area contributed by atoms with Crippen LogP contribution in [0.4, 0.5) is 4.79 Å². The smallest absolute Gasteiger partial charge is 0.410 e. The molecule has 2 amide bonds. The Bertz CT molecular complexity index is 1050. The van der Waals surface area contributed by atoms with Crippen LogP contribution < -0.4 is 5.73 Å². The largest absolute Gasteiger partial charge is 0.444 e. The number of rotatable bonds is 2. The number of nitrogens with zero attached hydrogens (tertiary/aromatic N) is 1. The maximum Gasteiger partial charge on any atom is 0.410 e. The lowest BCUT2D eigenvalue weighted by molar-refractivity contribution is 0.0224. The van der Waals surface area contributed by atoms with Gasteiger partial charge in [0.05, 0.1) is 0 Å². The first kappa shape index (κ1) is 21.4. The van der Waals surface area contributed by atoms with Crippen molar-refractivity contribution in [3.63, 3.8) is 0 Å². The number of primary amides is 1. The first-order valence-corrected chi connectivity index (χ1v) is 11.1. The highest BCUT2D eigenvalue weighted by Crippen LogP contribution is 2.45. The second-order valence-corrected chi connectivity index (χ2v) is 9.98. The van der Waals surface area contributed by atoms with E-state index in [0.717, 1.165) is 24.0 Å². The molecule has 2 N–H and O–H groups in total. The fourth-order valence-corrected chi connectivity index (χ4v) is 5.00. The van der Waals surface area contributed by atoms with Gasteiger partial charge in [0.2, 0.25) is 5.91 Å². The number of ether oxygens (including phenoxy) is 1. The summed E-state index contributed by atoms with van der Waals surface area (Å²) in [5.74, 6) is 0.477. The Balaban J connectivity index is 1.73. The van der Waals surface area contributed by atoms with Crippen molar-refractivity contribution >= 4 is 12.0 Å². The molecule has 0 spiro atoms. The average molecular weight is 421 g/mol. The minimum Gasteiger partial charge on any atom is -0.444 e. The van der Waals surface area contributed by atoms with E-state index in [1.165, 1.54) is 22.3 Å². The minimum atomic E-state index is -0.505. The molecular formula is C26H32N2O3. The van der Waals surface area contributed by atoms with E-state index in [0.29, 0.717) is 30.5 Å². The second kappa shape index (κ2) is 7.70. The van der Waals surface area contributed by atoms with Crippen LogP contribution in [0.25, 0.3) is 11.1 Å². The third-order valence-electron chi connectivity index (χ3n) is 6.67. The molecule has 5 heteroatoms. The van der Waals surface area contributed by atoms with E-state index in [1.54, 1.807) is 4.90 Å². The second-order valence-electron chi connectivity index (χ2n) is 9.98. The van der Waals surface area contributed by atoms with Gasteiger partial charge in [0.1, 0.15) is 5.60 Å². The molecule has 0 bridgehead atoms. The van der Waals surface area contributed by atoms with E-state index in [4.69, 9.17) is 10.5 Å². The lowest BCUT2D eigenvalue weighted by atomic mass is 9.84. The molecule has 1 aliphatic carbocycles. The van der Waals surface area contributed by atoms with Gasteiger partial charge in [-0.3, -0.25) is 4.79 Å². The standard InChI is InChI=1S/C26H32N2O3/c1-15-13-22-21(24(27)29)10-9-20(23(22)16(15)2)19-8-6-7-17-14-28(12-11-18(17)19)25(30)31-26(3,4)5/h6-10,15-16H,11-14H2,1-5H3,(H2,27,29)/t15-,16-/m0/s1. The van der Waals surface area contributed by atoms with Gasteiger partial charge in [-0.25, -0.2) is 4.79 Å². The fourth-order valence-electron chi connectivity index (χ4n) is 5.00. The van der Waals surface area contributed by atoms with Crippen molar-refractivity contribution in [2.75, 3.05) is 6.54 Å². The molecule has 1 aliphatic heterocycles. The van der Waals surface area contributed by atoms with Crippen molar-refractivity contribution in [2.45, 2.75) is 65.5 Å². The van der Waals surface area contributed by atoms with Crippen LogP contribution in [0.3, 0.4) is 0 Å². The molecule has 0 aromatic heterocycles. The maximum atomic E-state index is 12.6. The Hall–Kier alpha value is -2.82. The molecule has 2 aromatic carbocycles. The van der Waals surface area contributed by atoms with E-state index < -0.39 is 5.60 Å². The summed E-state index contributed by atoms with van der Waals surface area (Å²) in [4.78, 5) is 26.4. The summed E-state index contributed by atoms with van der Waals surface area (Å²) >= 11 is 0. The first-order chi connectivity index (χ1) is 14.6. The van der Waals surface area contributed by atoms with Gasteiger partial charge >= 0.3 is 6.09 Å². The Morgan fingerprint density at radius 2 is 1.81 bits per heavy atom. The Morgan fingerprint density at radius 1 is 1.06 bits per heavy atom. The van der Waals surface area contributed by atoms with E-state index in [1.807, 2.05) is 26.8 Å². The van der Waals surface area contributed by atoms with Gasteiger partial charge in [0, 0.05) is 18.7 Å². The number of fused-ring (bicyclic) bond motifs is 2. The number of nitrogens with two attached hydrogens (primary N) is 1. The number of amides is 2. The molecule has 2 atom stereocenters. The molecule has 0 radical (unpaired) electrons. The zero-order valence-corrected chi connectivity index (χ0v) is 19.1. The topological polar surface area (TPSA) is 72.6 Å². The Labute approximate surface area is 184 Å². The summed E-state index contributed by atoms with van der Waals surface area (Å²) in [6, 6.07) is 10.3. The highest BCUT2D eigenvalue weighted by atomic mass is 16.6. The molecule has 5 nitrogen and oxygen atoms in total. The quantitative estimate of drug-likeness (QED) is 0.740. The molecule has 4 rings (SSSR count). The highest BCUT2D eigenvalue weighted by molar-refractivity contribution is 5.96. The third kappa shape index (κ3) is 3.93. The van der Waals surface area contributed by atoms with Gasteiger partial charge in [0.25, 0.3) is 0 Å². The summed E-state index contributed by atoms with van der Waals surface area (Å²) in [5.41, 5.74) is 13.0. The van der Waals surface area contributed by atoms with Crippen molar-refractivity contribution < 1.29 is 14.3 Å². The lowest BCUT2D eigenvalue weighted by Crippen LogP contribution is -2.40. The number of hydrogen-bond acceptors (Lipinski definition) is 3. The molecule has 31 heavy (non-hydrogen) atoms. The van der Waals surface area contributed by atoms with Crippen molar-refractivity contribution in [3.05, 3.63) is 58.1 Å². The zero-order valence-electron chi connectivity index (χ0n) is 19.1. The van der Waals surface area contributed by atoms with E-state index in [9.17, 15) is 9.59 Å². The summed E-state index contributed by atoms with van der Waals surface area (Å²) in [5, 5.41) is 0. The predicted octanol–water partition coefficient (Wildman–Crippen LogP) is 5.04. The van der Waals surface area contributed by atoms with Crippen molar-refractivity contribution in [2.24, 2.45) is 11.7 Å². The third-order valence-corrected chi connectivity index (χ3v) is 6.67. The van der Waals surface area contributed by atoms with Crippen LogP contribution in [-0.4, -0.2) is 29.0 Å². The van der Waals surface area contributed by atoms with E-state index in [2.05, 4.69) is 38.1 Å². The number of carbonyl (C=O) groups excluding carboxylic acids is 2. The van der Waals surface area contributed by atoms with Gasteiger partial charge in [-0.05, 0) is 84.9 Å². The summed E-state index contributed by atoms with van der Waals surface area (Å²) in [7, 11) is 0. The van der Waals surface area contributed by atoms with Gasteiger partial charge < -0.3 is 15.4 Å². The SMILES string of the molecule is C[C@@H]1c2c(-c3cccc4c3CCN(C(=O)OC(C)(C)C)C4)ccc(C(N)=O)c2C[C@@H]1C.